The molecule has 3 nitrogen and oxygen atoms in total. The third-order valence-electron chi connectivity index (χ3n) is 4.75. The minimum Gasteiger partial charge on any atom is -0.361 e. The molecule has 0 fully saturated rings. The lowest BCUT2D eigenvalue weighted by atomic mass is 10.1. The summed E-state index contributed by atoms with van der Waals surface area (Å²) < 4.78 is 2.31. The number of hydrogen-bond donors (Lipinski definition) is 1. The van der Waals surface area contributed by atoms with Crippen LogP contribution in [-0.4, -0.2) is 15.8 Å². The molecule has 0 radical (unpaired) electrons. The molecule has 1 atom stereocenters. The van der Waals surface area contributed by atoms with Gasteiger partial charge in [0.25, 0.3) is 0 Å². The maximum atomic E-state index is 4.92. The predicted molar refractivity (Wildman–Crippen MR) is 105 cm³/mol. The Morgan fingerprint density at radius 1 is 0.920 bits per heavy atom. The first-order valence-corrected chi connectivity index (χ1v) is 9.54. The summed E-state index contributed by atoms with van der Waals surface area (Å²) in [5, 5.41) is 3.70. The fourth-order valence-electron chi connectivity index (χ4n) is 3.53. The number of imidazole rings is 1. The highest BCUT2D eigenvalue weighted by molar-refractivity contribution is 7.98. The zero-order valence-electron chi connectivity index (χ0n) is 13.8. The standard InChI is InChI=1S/C21H17N3S/c1-25-15-12-10-14(11-13-15)20-22-17-7-3-2-6-16(17)21-23-18-8-4-5-9-19(18)24(20)21/h2-13,20,22H,1H3. The number of nitrogens with zero attached hydrogens (tertiary/aromatic N) is 2. The summed E-state index contributed by atoms with van der Waals surface area (Å²) >= 11 is 1.76. The third-order valence-corrected chi connectivity index (χ3v) is 5.49. The summed E-state index contributed by atoms with van der Waals surface area (Å²) in [6.07, 6.45) is 2.14. The number of thioether (sulfide) groups is 1. The number of rotatable bonds is 2. The van der Waals surface area contributed by atoms with Gasteiger partial charge in [-0.05, 0) is 48.2 Å². The quantitative estimate of drug-likeness (QED) is 0.494. The minimum absolute atomic E-state index is 0.0354. The molecule has 3 aromatic carbocycles. The van der Waals surface area contributed by atoms with Crippen molar-refractivity contribution in [1.29, 1.82) is 0 Å². The van der Waals surface area contributed by atoms with Gasteiger partial charge >= 0.3 is 0 Å². The van der Waals surface area contributed by atoms with Gasteiger partial charge in [0.1, 0.15) is 12.0 Å². The molecule has 5 rings (SSSR count). The Labute approximate surface area is 150 Å². The topological polar surface area (TPSA) is 29.9 Å². The summed E-state index contributed by atoms with van der Waals surface area (Å²) in [6, 6.07) is 25.5. The fraction of sp³-hybridized carbons (Fsp3) is 0.0952. The molecule has 4 heteroatoms. The van der Waals surface area contributed by atoms with Gasteiger partial charge < -0.3 is 5.32 Å². The molecular weight excluding hydrogens is 326 g/mol. The number of anilines is 1. The first-order chi connectivity index (χ1) is 12.3. The smallest absolute Gasteiger partial charge is 0.145 e. The summed E-state index contributed by atoms with van der Waals surface area (Å²) in [6.45, 7) is 0. The predicted octanol–water partition coefficient (Wildman–Crippen LogP) is 5.40. The molecule has 1 N–H and O–H groups in total. The second kappa shape index (κ2) is 5.67. The molecule has 0 spiro atoms. The lowest BCUT2D eigenvalue weighted by Gasteiger charge is -2.30. The molecule has 1 aliphatic rings. The van der Waals surface area contributed by atoms with Crippen LogP contribution in [0.2, 0.25) is 0 Å². The van der Waals surface area contributed by atoms with Crippen molar-refractivity contribution in [2.24, 2.45) is 0 Å². The molecule has 25 heavy (non-hydrogen) atoms. The van der Waals surface area contributed by atoms with Gasteiger partial charge in [-0.15, -0.1) is 11.8 Å². The Hall–Kier alpha value is -2.72. The van der Waals surface area contributed by atoms with E-state index in [0.29, 0.717) is 0 Å². The number of para-hydroxylation sites is 3. The number of nitrogens with one attached hydrogen (secondary N) is 1. The Morgan fingerprint density at radius 2 is 1.68 bits per heavy atom. The van der Waals surface area contributed by atoms with Crippen LogP contribution in [0.4, 0.5) is 5.69 Å². The van der Waals surface area contributed by atoms with E-state index in [2.05, 4.69) is 82.9 Å². The van der Waals surface area contributed by atoms with Crippen molar-refractivity contribution in [3.05, 3.63) is 78.4 Å². The second-order valence-electron chi connectivity index (χ2n) is 6.16. The van der Waals surface area contributed by atoms with Crippen molar-refractivity contribution < 1.29 is 0 Å². The number of benzene rings is 3. The average Bonchev–Trinajstić information content (AvgIpc) is 3.07. The highest BCUT2D eigenvalue weighted by atomic mass is 32.2. The number of aromatic nitrogens is 2. The molecule has 2 heterocycles. The highest BCUT2D eigenvalue weighted by Crippen LogP contribution is 2.40. The van der Waals surface area contributed by atoms with E-state index in [-0.39, 0.29) is 6.17 Å². The maximum Gasteiger partial charge on any atom is 0.145 e. The molecule has 0 aliphatic carbocycles. The fourth-order valence-corrected chi connectivity index (χ4v) is 3.94. The normalized spacial score (nSPS) is 15.5. The molecule has 0 amide bonds. The lowest BCUT2D eigenvalue weighted by Crippen LogP contribution is -2.24. The van der Waals surface area contributed by atoms with Crippen LogP contribution in [0.15, 0.2) is 77.7 Å². The highest BCUT2D eigenvalue weighted by Gasteiger charge is 2.27. The SMILES string of the molecule is CSc1ccc(C2Nc3ccccc3-c3nc4ccccc4n32)cc1. The first kappa shape index (κ1) is 14.6. The Bertz CT molecular complexity index is 1070. The van der Waals surface area contributed by atoms with E-state index in [1.54, 1.807) is 11.8 Å². The van der Waals surface area contributed by atoms with E-state index < -0.39 is 0 Å². The molecule has 0 bridgehead atoms. The number of fused-ring (bicyclic) bond motifs is 5. The molecule has 1 aromatic heterocycles. The van der Waals surface area contributed by atoms with Gasteiger partial charge in [-0.3, -0.25) is 4.57 Å². The van der Waals surface area contributed by atoms with E-state index >= 15 is 0 Å². The van der Waals surface area contributed by atoms with Gasteiger partial charge in [-0.25, -0.2) is 4.98 Å². The Kier molecular flexibility index (Phi) is 3.31. The molecule has 1 unspecified atom stereocenters. The van der Waals surface area contributed by atoms with Crippen LogP contribution in [0.1, 0.15) is 11.7 Å². The van der Waals surface area contributed by atoms with Gasteiger partial charge in [-0.1, -0.05) is 36.4 Å². The van der Waals surface area contributed by atoms with Gasteiger partial charge in [0, 0.05) is 16.1 Å². The lowest BCUT2D eigenvalue weighted by molar-refractivity contribution is 0.668. The van der Waals surface area contributed by atoms with Crippen molar-refractivity contribution in [1.82, 2.24) is 9.55 Å². The first-order valence-electron chi connectivity index (χ1n) is 8.32. The zero-order chi connectivity index (χ0) is 16.8. The average molecular weight is 343 g/mol. The van der Waals surface area contributed by atoms with Crippen molar-refractivity contribution in [3.8, 4) is 11.4 Å². The molecule has 0 saturated carbocycles. The van der Waals surface area contributed by atoms with Crippen molar-refractivity contribution >= 4 is 28.5 Å². The molecular formula is C21H17N3S. The van der Waals surface area contributed by atoms with Crippen LogP contribution in [0, 0.1) is 0 Å². The molecule has 122 valence electrons. The van der Waals surface area contributed by atoms with Gasteiger partial charge in [0.15, 0.2) is 0 Å². The van der Waals surface area contributed by atoms with Crippen LogP contribution in [0.25, 0.3) is 22.4 Å². The summed E-state index contributed by atoms with van der Waals surface area (Å²) in [4.78, 5) is 6.20. The van der Waals surface area contributed by atoms with Crippen LogP contribution >= 0.6 is 11.8 Å². The van der Waals surface area contributed by atoms with E-state index in [0.717, 1.165) is 28.1 Å². The van der Waals surface area contributed by atoms with Gasteiger partial charge in [-0.2, -0.15) is 0 Å². The van der Waals surface area contributed by atoms with Crippen LogP contribution in [0.5, 0.6) is 0 Å². The summed E-state index contributed by atoms with van der Waals surface area (Å²) in [5.41, 5.74) is 5.69. The molecule has 1 aliphatic heterocycles. The van der Waals surface area contributed by atoms with E-state index in [9.17, 15) is 0 Å². The minimum atomic E-state index is 0.0354. The van der Waals surface area contributed by atoms with E-state index in [1.807, 2.05) is 6.07 Å². The van der Waals surface area contributed by atoms with Crippen molar-refractivity contribution in [2.75, 3.05) is 11.6 Å². The Balaban J connectivity index is 1.76. The van der Waals surface area contributed by atoms with Crippen LogP contribution in [0.3, 0.4) is 0 Å². The Morgan fingerprint density at radius 3 is 2.52 bits per heavy atom. The van der Waals surface area contributed by atoms with E-state index in [1.165, 1.54) is 10.5 Å². The summed E-state index contributed by atoms with van der Waals surface area (Å²) in [7, 11) is 0. The van der Waals surface area contributed by atoms with Crippen LogP contribution in [-0.2, 0) is 0 Å². The van der Waals surface area contributed by atoms with Crippen LogP contribution < -0.4 is 5.32 Å². The third kappa shape index (κ3) is 2.25. The monoisotopic (exact) mass is 343 g/mol. The number of hydrogen-bond acceptors (Lipinski definition) is 3. The largest absolute Gasteiger partial charge is 0.361 e. The van der Waals surface area contributed by atoms with Gasteiger partial charge in [0.2, 0.25) is 0 Å². The molecule has 0 saturated heterocycles. The summed E-state index contributed by atoms with van der Waals surface area (Å²) in [5.74, 6) is 1.02. The maximum absolute atomic E-state index is 4.92. The van der Waals surface area contributed by atoms with E-state index in [4.69, 9.17) is 4.98 Å². The van der Waals surface area contributed by atoms with Crippen molar-refractivity contribution in [3.63, 3.8) is 0 Å². The van der Waals surface area contributed by atoms with Crippen molar-refractivity contribution in [2.45, 2.75) is 11.1 Å². The zero-order valence-corrected chi connectivity index (χ0v) is 14.6. The van der Waals surface area contributed by atoms with Gasteiger partial charge in [0.05, 0.1) is 11.0 Å². The second-order valence-corrected chi connectivity index (χ2v) is 7.04. The molecule has 4 aromatic rings.